The first-order valence-corrected chi connectivity index (χ1v) is 12.1. The minimum absolute atomic E-state index is 0.115. The number of hydrogen-bond acceptors (Lipinski definition) is 5. The molecular formula is C24H34O5S. The molecule has 0 radical (unpaired) electrons. The third kappa shape index (κ3) is 9.39. The molecule has 2 atom stereocenters. The second-order valence-electron chi connectivity index (χ2n) is 7.80. The summed E-state index contributed by atoms with van der Waals surface area (Å²) in [4.78, 5) is 0.115. The fourth-order valence-electron chi connectivity index (χ4n) is 3.09. The number of aliphatic hydroxyl groups is 1. The summed E-state index contributed by atoms with van der Waals surface area (Å²) in [6.07, 6.45) is 4.95. The summed E-state index contributed by atoms with van der Waals surface area (Å²) >= 11 is 0. The molecule has 0 bridgehead atoms. The zero-order valence-corrected chi connectivity index (χ0v) is 18.8. The van der Waals surface area contributed by atoms with Gasteiger partial charge in [0.1, 0.15) is 0 Å². The third-order valence-corrected chi connectivity index (χ3v) is 6.30. The molecule has 0 saturated carbocycles. The van der Waals surface area contributed by atoms with E-state index in [1.807, 2.05) is 25.1 Å². The Hall–Kier alpha value is -1.73. The molecule has 2 aromatic carbocycles. The van der Waals surface area contributed by atoms with Gasteiger partial charge in [0.2, 0.25) is 0 Å². The Balaban J connectivity index is 1.52. The first kappa shape index (κ1) is 24.5. The zero-order valence-electron chi connectivity index (χ0n) is 18.0. The van der Waals surface area contributed by atoms with E-state index in [1.165, 1.54) is 17.7 Å². The molecule has 0 heterocycles. The number of aryl methyl sites for hydroxylation is 1. The van der Waals surface area contributed by atoms with Crippen LogP contribution in [-0.4, -0.2) is 32.3 Å². The van der Waals surface area contributed by atoms with Gasteiger partial charge in [-0.15, -0.1) is 0 Å². The second kappa shape index (κ2) is 12.8. The van der Waals surface area contributed by atoms with E-state index in [1.54, 1.807) is 12.1 Å². The molecule has 5 nitrogen and oxygen atoms in total. The van der Waals surface area contributed by atoms with Crippen molar-refractivity contribution in [1.29, 1.82) is 0 Å². The van der Waals surface area contributed by atoms with Gasteiger partial charge < -0.3 is 9.84 Å². The Morgan fingerprint density at radius 2 is 1.53 bits per heavy atom. The number of benzene rings is 2. The lowest BCUT2D eigenvalue weighted by Crippen LogP contribution is -2.19. The molecule has 1 N–H and O–H groups in total. The number of ether oxygens (including phenoxy) is 1. The average Bonchev–Trinajstić information content (AvgIpc) is 2.74. The lowest BCUT2D eigenvalue weighted by molar-refractivity contribution is 0.0457. The fraction of sp³-hybridized carbons (Fsp3) is 0.500. The van der Waals surface area contributed by atoms with Crippen LogP contribution in [0.5, 0.6) is 0 Å². The molecule has 0 amide bonds. The maximum atomic E-state index is 12.1. The molecule has 2 aromatic rings. The van der Waals surface area contributed by atoms with Crippen molar-refractivity contribution in [2.24, 2.45) is 0 Å². The normalized spacial score (nSPS) is 13.8. The average molecular weight is 435 g/mol. The smallest absolute Gasteiger partial charge is 0.297 e. The van der Waals surface area contributed by atoms with Gasteiger partial charge in [0, 0.05) is 0 Å². The van der Waals surface area contributed by atoms with E-state index in [9.17, 15) is 13.5 Å². The van der Waals surface area contributed by atoms with Gasteiger partial charge in [-0.1, -0.05) is 73.7 Å². The van der Waals surface area contributed by atoms with Crippen molar-refractivity contribution >= 4 is 10.1 Å². The Kier molecular flexibility index (Phi) is 10.5. The maximum absolute atomic E-state index is 12.1. The summed E-state index contributed by atoms with van der Waals surface area (Å²) in [6.45, 7) is 4.41. The fourth-order valence-corrected chi connectivity index (χ4v) is 4.03. The monoisotopic (exact) mass is 434 g/mol. The Bertz CT molecular complexity index is 818. The molecule has 0 aliphatic heterocycles. The lowest BCUT2D eigenvalue weighted by atomic mass is 10.1. The molecule has 0 aliphatic carbocycles. The van der Waals surface area contributed by atoms with E-state index in [-0.39, 0.29) is 17.6 Å². The Morgan fingerprint density at radius 1 is 0.900 bits per heavy atom. The van der Waals surface area contributed by atoms with Gasteiger partial charge in [-0.3, -0.25) is 4.18 Å². The zero-order chi connectivity index (χ0) is 21.8. The molecule has 0 unspecified atom stereocenters. The molecule has 0 saturated heterocycles. The summed E-state index contributed by atoms with van der Waals surface area (Å²) in [7, 11) is -3.82. The van der Waals surface area contributed by atoms with Crippen LogP contribution in [0.3, 0.4) is 0 Å². The lowest BCUT2D eigenvalue weighted by Gasteiger charge is -2.13. The highest BCUT2D eigenvalue weighted by molar-refractivity contribution is 7.86. The molecule has 2 rings (SSSR count). The van der Waals surface area contributed by atoms with E-state index in [2.05, 4.69) is 19.1 Å². The number of hydrogen-bond donors (Lipinski definition) is 1. The van der Waals surface area contributed by atoms with Crippen molar-refractivity contribution in [3.8, 4) is 0 Å². The highest BCUT2D eigenvalue weighted by Crippen LogP contribution is 2.15. The van der Waals surface area contributed by atoms with E-state index in [0.29, 0.717) is 13.0 Å². The molecule has 0 aromatic heterocycles. The van der Waals surface area contributed by atoms with Gasteiger partial charge in [0.15, 0.2) is 0 Å². The Morgan fingerprint density at radius 3 is 2.20 bits per heavy atom. The van der Waals surface area contributed by atoms with Crippen LogP contribution in [0.15, 0.2) is 59.5 Å². The minimum atomic E-state index is -3.82. The van der Waals surface area contributed by atoms with E-state index in [0.717, 1.165) is 37.7 Å². The van der Waals surface area contributed by atoms with Crippen molar-refractivity contribution in [2.45, 2.75) is 76.1 Å². The molecule has 0 aliphatic rings. The largest absolute Gasteiger partial charge is 0.391 e. The standard InChI is InChI=1S/C24H34O5S/c1-20-14-16-24(17-15-20)30(26,27)29-19-23(25)13-9-4-3-6-10-21(2)28-18-22-11-7-5-8-12-22/h5,7-8,11-12,14-17,21,23,25H,3-4,6,9-10,13,18-19H2,1-2H3/t21-,23+/m0/s1. The highest BCUT2D eigenvalue weighted by atomic mass is 32.2. The van der Waals surface area contributed by atoms with Gasteiger partial charge >= 0.3 is 0 Å². The Labute approximate surface area is 181 Å². The maximum Gasteiger partial charge on any atom is 0.297 e. The molecule has 0 fully saturated rings. The molecular weight excluding hydrogens is 400 g/mol. The summed E-state index contributed by atoms with van der Waals surface area (Å²) < 4.78 is 35.1. The summed E-state index contributed by atoms with van der Waals surface area (Å²) in [6, 6.07) is 16.6. The predicted octanol–water partition coefficient (Wildman–Crippen LogP) is 5.01. The van der Waals surface area contributed by atoms with Crippen molar-refractivity contribution < 1.29 is 22.4 Å². The molecule has 0 spiro atoms. The summed E-state index contributed by atoms with van der Waals surface area (Å²) in [5.41, 5.74) is 2.16. The van der Waals surface area contributed by atoms with E-state index < -0.39 is 16.2 Å². The van der Waals surface area contributed by atoms with Gasteiger partial charge in [0.25, 0.3) is 10.1 Å². The van der Waals surface area contributed by atoms with Crippen molar-refractivity contribution in [3.63, 3.8) is 0 Å². The van der Waals surface area contributed by atoms with Crippen molar-refractivity contribution in [1.82, 2.24) is 0 Å². The topological polar surface area (TPSA) is 72.8 Å². The van der Waals surface area contributed by atoms with Gasteiger partial charge in [-0.05, 0) is 44.4 Å². The third-order valence-electron chi connectivity index (χ3n) is 5.00. The first-order chi connectivity index (χ1) is 14.4. The van der Waals surface area contributed by atoms with Crippen LogP contribution in [0.25, 0.3) is 0 Å². The van der Waals surface area contributed by atoms with Gasteiger partial charge in [0.05, 0.1) is 30.3 Å². The second-order valence-corrected chi connectivity index (χ2v) is 9.42. The molecule has 30 heavy (non-hydrogen) atoms. The van der Waals surface area contributed by atoms with Gasteiger partial charge in [-0.25, -0.2) is 0 Å². The predicted molar refractivity (Wildman–Crippen MR) is 119 cm³/mol. The SMILES string of the molecule is Cc1ccc(S(=O)(=O)OC[C@H](O)CCCCCC[C@H](C)OCc2ccccc2)cc1. The highest BCUT2D eigenvalue weighted by Gasteiger charge is 2.17. The molecule has 166 valence electrons. The van der Waals surface area contributed by atoms with Crippen LogP contribution in [0, 0.1) is 6.92 Å². The van der Waals surface area contributed by atoms with E-state index in [4.69, 9.17) is 8.92 Å². The number of unbranched alkanes of at least 4 members (excludes halogenated alkanes) is 3. The molecule has 6 heteroatoms. The van der Waals surface area contributed by atoms with Crippen molar-refractivity contribution in [3.05, 3.63) is 65.7 Å². The summed E-state index contributed by atoms with van der Waals surface area (Å²) in [5, 5.41) is 10.0. The van der Waals surface area contributed by atoms with Crippen LogP contribution in [-0.2, 0) is 25.6 Å². The van der Waals surface area contributed by atoms with Crippen LogP contribution in [0.1, 0.15) is 56.6 Å². The van der Waals surface area contributed by atoms with Crippen molar-refractivity contribution in [2.75, 3.05) is 6.61 Å². The quantitative estimate of drug-likeness (QED) is 0.334. The summed E-state index contributed by atoms with van der Waals surface area (Å²) in [5.74, 6) is 0. The number of aliphatic hydroxyl groups excluding tert-OH is 1. The van der Waals surface area contributed by atoms with Crippen LogP contribution in [0.4, 0.5) is 0 Å². The first-order valence-electron chi connectivity index (χ1n) is 10.7. The van der Waals surface area contributed by atoms with Gasteiger partial charge in [-0.2, -0.15) is 8.42 Å². The van der Waals surface area contributed by atoms with Crippen LogP contribution >= 0.6 is 0 Å². The minimum Gasteiger partial charge on any atom is -0.391 e. The van der Waals surface area contributed by atoms with Crippen LogP contribution < -0.4 is 0 Å². The number of rotatable bonds is 14. The van der Waals surface area contributed by atoms with E-state index >= 15 is 0 Å². The van der Waals surface area contributed by atoms with Crippen LogP contribution in [0.2, 0.25) is 0 Å².